The third kappa shape index (κ3) is 3.06. The van der Waals surface area contributed by atoms with Crippen molar-refractivity contribution in [2.75, 3.05) is 0 Å². The van der Waals surface area contributed by atoms with Gasteiger partial charge in [0.25, 0.3) is 0 Å². The van der Waals surface area contributed by atoms with Crippen LogP contribution in [0.1, 0.15) is 36.5 Å². The maximum absolute atomic E-state index is 13.3. The molecule has 1 aromatic rings. The first-order chi connectivity index (χ1) is 14.8. The number of allylic oxidation sites excluding steroid dienone is 4. The van der Waals surface area contributed by atoms with Crippen molar-refractivity contribution in [3.8, 4) is 5.75 Å². The van der Waals surface area contributed by atoms with Crippen LogP contribution in [0.3, 0.4) is 0 Å². The van der Waals surface area contributed by atoms with Crippen molar-refractivity contribution in [1.82, 2.24) is 0 Å². The van der Waals surface area contributed by atoms with Crippen LogP contribution in [-0.2, 0) is 20.8 Å². The van der Waals surface area contributed by atoms with Gasteiger partial charge in [-0.15, -0.1) is 0 Å². The Morgan fingerprint density at radius 3 is 2.38 bits per heavy atom. The zero-order valence-electron chi connectivity index (χ0n) is 16.9. The molecule has 0 radical (unpaired) electrons. The van der Waals surface area contributed by atoms with Crippen LogP contribution in [0.15, 0.2) is 35.6 Å². The van der Waals surface area contributed by atoms with E-state index in [9.17, 15) is 42.9 Å². The van der Waals surface area contributed by atoms with Crippen LogP contribution in [-0.4, -0.2) is 38.8 Å². The Hall–Kier alpha value is -3.36. The Labute approximate surface area is 180 Å². The van der Waals surface area contributed by atoms with Crippen LogP contribution in [0.4, 0.5) is 13.2 Å². The standard InChI is InChI=1S/C23H19F3O6/c1-8(23(24,25)26)12-3-4-14(28)19-13(12)6-10-5-11-7-15(29)16(9(2)27)20(30)18(11)21(31)17(10)22(19)32/h3-4,10-11,18,28,30,32H,1,5-7H2,2H3. The van der Waals surface area contributed by atoms with Gasteiger partial charge in [0, 0.05) is 12.0 Å². The second-order valence-electron chi connectivity index (χ2n) is 8.41. The molecule has 0 aromatic heterocycles. The molecule has 3 atom stereocenters. The molecule has 1 saturated carbocycles. The largest absolute Gasteiger partial charge is 0.511 e. The summed E-state index contributed by atoms with van der Waals surface area (Å²) in [5.74, 6) is -6.39. The molecule has 9 heteroatoms. The van der Waals surface area contributed by atoms with Gasteiger partial charge in [-0.1, -0.05) is 12.6 Å². The molecule has 0 amide bonds. The SMILES string of the molecule is C=C(c1ccc(O)c2c1CC1CC3CC(=O)C(C(C)=O)=C(O)C3C(=O)C1=C2O)C(F)(F)F. The summed E-state index contributed by atoms with van der Waals surface area (Å²) in [5.41, 5.74) is -2.30. The number of carbonyl (C=O) groups is 3. The zero-order valence-corrected chi connectivity index (χ0v) is 16.9. The third-order valence-corrected chi connectivity index (χ3v) is 6.54. The molecular weight excluding hydrogens is 429 g/mol. The molecule has 4 rings (SSSR count). The van der Waals surface area contributed by atoms with Gasteiger partial charge in [0.05, 0.1) is 22.6 Å². The highest BCUT2D eigenvalue weighted by atomic mass is 19.4. The molecule has 3 aliphatic carbocycles. The Bertz CT molecular complexity index is 1170. The number of phenolic OH excluding ortho intramolecular Hbond substituents is 1. The molecule has 168 valence electrons. The number of aliphatic hydroxyl groups is 2. The van der Waals surface area contributed by atoms with Crippen LogP contribution >= 0.6 is 0 Å². The van der Waals surface area contributed by atoms with Gasteiger partial charge in [0.1, 0.15) is 17.3 Å². The van der Waals surface area contributed by atoms with Crippen molar-refractivity contribution >= 4 is 28.7 Å². The molecule has 3 unspecified atom stereocenters. The third-order valence-electron chi connectivity index (χ3n) is 6.54. The van der Waals surface area contributed by atoms with Gasteiger partial charge < -0.3 is 15.3 Å². The molecular formula is C23H19F3O6. The number of aliphatic hydroxyl groups excluding tert-OH is 2. The Kier molecular flexibility index (Phi) is 4.84. The average molecular weight is 448 g/mol. The summed E-state index contributed by atoms with van der Waals surface area (Å²) >= 11 is 0. The smallest absolute Gasteiger partial charge is 0.416 e. The Morgan fingerprint density at radius 2 is 1.78 bits per heavy atom. The van der Waals surface area contributed by atoms with E-state index in [1.165, 1.54) is 0 Å². The van der Waals surface area contributed by atoms with E-state index in [1.807, 2.05) is 0 Å². The van der Waals surface area contributed by atoms with E-state index in [-0.39, 0.29) is 41.5 Å². The van der Waals surface area contributed by atoms with Gasteiger partial charge in [-0.3, -0.25) is 14.4 Å². The lowest BCUT2D eigenvalue weighted by molar-refractivity contribution is -0.127. The number of hydrogen-bond donors (Lipinski definition) is 3. The first-order valence-electron chi connectivity index (χ1n) is 9.90. The van der Waals surface area contributed by atoms with E-state index in [1.54, 1.807) is 0 Å². The number of aromatic hydroxyl groups is 1. The number of fused-ring (bicyclic) bond motifs is 3. The topological polar surface area (TPSA) is 112 Å². The van der Waals surface area contributed by atoms with E-state index in [4.69, 9.17) is 0 Å². The Balaban J connectivity index is 1.89. The first-order valence-corrected chi connectivity index (χ1v) is 9.90. The van der Waals surface area contributed by atoms with E-state index >= 15 is 0 Å². The predicted octanol–water partition coefficient (Wildman–Crippen LogP) is 3.99. The van der Waals surface area contributed by atoms with Crippen LogP contribution in [0.5, 0.6) is 5.75 Å². The first kappa shape index (κ1) is 21.9. The summed E-state index contributed by atoms with van der Waals surface area (Å²) in [6, 6.07) is 2.05. The van der Waals surface area contributed by atoms with E-state index < -0.39 is 69.7 Å². The van der Waals surface area contributed by atoms with Crippen molar-refractivity contribution < 1.29 is 42.9 Å². The highest BCUT2D eigenvalue weighted by molar-refractivity contribution is 6.22. The lowest BCUT2D eigenvalue weighted by Gasteiger charge is -2.41. The molecule has 6 nitrogen and oxygen atoms in total. The van der Waals surface area contributed by atoms with E-state index in [0.717, 1.165) is 19.1 Å². The second-order valence-corrected chi connectivity index (χ2v) is 8.41. The van der Waals surface area contributed by atoms with Crippen molar-refractivity contribution in [3.63, 3.8) is 0 Å². The van der Waals surface area contributed by atoms with E-state index in [2.05, 4.69) is 6.58 Å². The van der Waals surface area contributed by atoms with Crippen molar-refractivity contribution in [3.05, 3.63) is 52.3 Å². The number of alkyl halides is 3. The number of Topliss-reactive ketones (excluding diaryl/α,β-unsaturated/α-hetero) is 3. The summed E-state index contributed by atoms with van der Waals surface area (Å²) < 4.78 is 40.0. The Morgan fingerprint density at radius 1 is 1.12 bits per heavy atom. The van der Waals surface area contributed by atoms with Crippen molar-refractivity contribution in [2.45, 2.75) is 32.4 Å². The molecule has 1 fully saturated rings. The number of carbonyl (C=O) groups excluding carboxylic acids is 3. The molecule has 0 heterocycles. The normalized spacial score (nSPS) is 25.3. The molecule has 0 spiro atoms. The second kappa shape index (κ2) is 7.08. The number of hydrogen-bond acceptors (Lipinski definition) is 6. The summed E-state index contributed by atoms with van der Waals surface area (Å²) in [6.07, 6.45) is -4.88. The summed E-state index contributed by atoms with van der Waals surface area (Å²) in [6.45, 7) is 4.20. The number of benzene rings is 1. The van der Waals surface area contributed by atoms with Gasteiger partial charge in [-0.25, -0.2) is 0 Å². The summed E-state index contributed by atoms with van der Waals surface area (Å²) in [7, 11) is 0. The van der Waals surface area contributed by atoms with Crippen molar-refractivity contribution in [2.24, 2.45) is 17.8 Å². The molecule has 32 heavy (non-hydrogen) atoms. The molecule has 0 aliphatic heterocycles. The molecule has 0 saturated heterocycles. The number of rotatable bonds is 2. The number of ketones is 3. The zero-order chi connectivity index (χ0) is 23.7. The monoisotopic (exact) mass is 448 g/mol. The highest BCUT2D eigenvalue weighted by Crippen LogP contribution is 2.51. The predicted molar refractivity (Wildman–Crippen MR) is 107 cm³/mol. The van der Waals surface area contributed by atoms with Crippen LogP contribution in [0, 0.1) is 17.8 Å². The summed E-state index contributed by atoms with van der Waals surface area (Å²) in [5, 5.41) is 31.7. The van der Waals surface area contributed by atoms with Crippen molar-refractivity contribution in [1.29, 1.82) is 0 Å². The quantitative estimate of drug-likeness (QED) is 0.590. The molecule has 0 bridgehead atoms. The fraction of sp³-hybridized carbons (Fsp3) is 0.348. The highest BCUT2D eigenvalue weighted by Gasteiger charge is 2.51. The fourth-order valence-corrected chi connectivity index (χ4v) is 5.19. The van der Waals surface area contributed by atoms with Gasteiger partial charge in [0.15, 0.2) is 17.3 Å². The molecule has 3 aliphatic rings. The minimum absolute atomic E-state index is 0.0103. The molecule has 3 N–H and O–H groups in total. The number of halogens is 3. The van der Waals surface area contributed by atoms with E-state index in [0.29, 0.717) is 0 Å². The van der Waals surface area contributed by atoms with Gasteiger partial charge in [-0.2, -0.15) is 13.2 Å². The minimum Gasteiger partial charge on any atom is -0.511 e. The maximum Gasteiger partial charge on any atom is 0.416 e. The van der Waals surface area contributed by atoms with Gasteiger partial charge in [-0.05, 0) is 48.8 Å². The lowest BCUT2D eigenvalue weighted by atomic mass is 9.61. The maximum atomic E-state index is 13.3. The average Bonchev–Trinajstić information content (AvgIpc) is 2.65. The summed E-state index contributed by atoms with van der Waals surface area (Å²) in [4.78, 5) is 37.4. The minimum atomic E-state index is -4.74. The van der Waals surface area contributed by atoms with Crippen LogP contribution in [0.2, 0.25) is 0 Å². The lowest BCUT2D eigenvalue weighted by Crippen LogP contribution is -2.43. The van der Waals surface area contributed by atoms with Gasteiger partial charge >= 0.3 is 6.18 Å². The number of phenols is 1. The van der Waals surface area contributed by atoms with Crippen LogP contribution in [0.25, 0.3) is 11.3 Å². The van der Waals surface area contributed by atoms with Crippen LogP contribution < -0.4 is 0 Å². The fourth-order valence-electron chi connectivity index (χ4n) is 5.19. The molecule has 1 aromatic carbocycles. The van der Waals surface area contributed by atoms with Gasteiger partial charge in [0.2, 0.25) is 0 Å².